The highest BCUT2D eigenvalue weighted by atomic mass is 19.2. The monoisotopic (exact) mass is 440 g/mol. The Bertz CT molecular complexity index is 891. The maximum Gasteiger partial charge on any atom is 0.309 e. The Balaban J connectivity index is 1.46. The standard InChI is InChI=1S/C21H23F3N2O5/c1-10(31-21(30)13-7-11-3-2-4-12(8-13)19(11)28)20(29)25-9-16(27)26-15-6-5-14(22)17(23)18(15)24/h5-6,10-13H,2-4,7-9H2,1H3,(H,25,29)(H,26,27)/t10-,11-,12+,13?/m1/s1. The molecule has 2 saturated carbocycles. The van der Waals surface area contributed by atoms with E-state index in [-0.39, 0.29) is 17.6 Å². The van der Waals surface area contributed by atoms with E-state index in [1.807, 2.05) is 5.32 Å². The number of hydrogen-bond acceptors (Lipinski definition) is 5. The van der Waals surface area contributed by atoms with E-state index >= 15 is 0 Å². The van der Waals surface area contributed by atoms with Crippen LogP contribution in [0.2, 0.25) is 0 Å². The first-order valence-electron chi connectivity index (χ1n) is 10.1. The molecule has 0 aromatic heterocycles. The number of halogens is 3. The maximum atomic E-state index is 13.6. The molecule has 2 N–H and O–H groups in total. The number of ketones is 1. The van der Waals surface area contributed by atoms with E-state index in [4.69, 9.17) is 4.74 Å². The van der Waals surface area contributed by atoms with Gasteiger partial charge < -0.3 is 15.4 Å². The minimum atomic E-state index is -1.73. The van der Waals surface area contributed by atoms with Crippen LogP contribution in [0.1, 0.15) is 39.0 Å². The van der Waals surface area contributed by atoms with Crippen LogP contribution in [0.4, 0.5) is 18.9 Å². The molecule has 2 aliphatic carbocycles. The molecular weight excluding hydrogens is 417 g/mol. The molecular formula is C21H23F3N2O5. The van der Waals surface area contributed by atoms with Gasteiger partial charge in [-0.1, -0.05) is 6.42 Å². The van der Waals surface area contributed by atoms with Crippen molar-refractivity contribution in [3.63, 3.8) is 0 Å². The number of ether oxygens (including phenoxy) is 1. The van der Waals surface area contributed by atoms with Crippen LogP contribution in [0.3, 0.4) is 0 Å². The van der Waals surface area contributed by atoms with E-state index < -0.39 is 59.5 Å². The van der Waals surface area contributed by atoms with Gasteiger partial charge in [-0.25, -0.2) is 13.2 Å². The smallest absolute Gasteiger partial charge is 0.309 e. The molecule has 1 aromatic carbocycles. The van der Waals surface area contributed by atoms with Crippen LogP contribution in [0.5, 0.6) is 0 Å². The fraction of sp³-hybridized carbons (Fsp3) is 0.524. The van der Waals surface area contributed by atoms with E-state index in [0.29, 0.717) is 18.9 Å². The quantitative estimate of drug-likeness (QED) is 0.523. The lowest BCUT2D eigenvalue weighted by Gasteiger charge is -2.36. The van der Waals surface area contributed by atoms with Gasteiger partial charge in [0, 0.05) is 11.8 Å². The van der Waals surface area contributed by atoms with Gasteiger partial charge in [0.15, 0.2) is 23.6 Å². The second-order valence-electron chi connectivity index (χ2n) is 7.96. The molecule has 3 rings (SSSR count). The summed E-state index contributed by atoms with van der Waals surface area (Å²) in [6.45, 7) is 0.746. The number of esters is 1. The summed E-state index contributed by atoms with van der Waals surface area (Å²) in [5.41, 5.74) is -0.574. The molecule has 1 unspecified atom stereocenters. The normalized spacial score (nSPS) is 23.6. The average molecular weight is 440 g/mol. The lowest BCUT2D eigenvalue weighted by Crippen LogP contribution is -2.43. The van der Waals surface area contributed by atoms with Gasteiger partial charge in [0.2, 0.25) is 5.91 Å². The van der Waals surface area contributed by atoms with E-state index in [1.165, 1.54) is 6.92 Å². The zero-order valence-electron chi connectivity index (χ0n) is 16.9. The molecule has 10 heteroatoms. The Morgan fingerprint density at radius 3 is 2.39 bits per heavy atom. The summed E-state index contributed by atoms with van der Waals surface area (Å²) in [6, 6.07) is 1.50. The molecule has 0 saturated heterocycles. The molecule has 0 radical (unpaired) electrons. The summed E-state index contributed by atoms with van der Waals surface area (Å²) in [4.78, 5) is 48.5. The number of Topliss-reactive ketones (excluding diaryl/α,β-unsaturated/α-hetero) is 1. The minimum Gasteiger partial charge on any atom is -0.452 e. The van der Waals surface area contributed by atoms with Crippen molar-refractivity contribution in [3.05, 3.63) is 29.6 Å². The summed E-state index contributed by atoms with van der Waals surface area (Å²) in [6.07, 6.45) is 2.16. The summed E-state index contributed by atoms with van der Waals surface area (Å²) in [5.74, 6) is -7.35. The van der Waals surface area contributed by atoms with Crippen molar-refractivity contribution in [1.29, 1.82) is 0 Å². The molecule has 2 amide bonds. The van der Waals surface area contributed by atoms with E-state index in [0.717, 1.165) is 25.3 Å². The number of hydrogen-bond donors (Lipinski definition) is 2. The van der Waals surface area contributed by atoms with Crippen LogP contribution in [0, 0.1) is 35.2 Å². The fourth-order valence-corrected chi connectivity index (χ4v) is 4.12. The topological polar surface area (TPSA) is 102 Å². The summed E-state index contributed by atoms with van der Waals surface area (Å²) in [5, 5.41) is 4.25. The molecule has 1 aromatic rings. The zero-order chi connectivity index (χ0) is 22.7. The number of carbonyl (C=O) groups is 4. The molecule has 168 valence electrons. The highest BCUT2D eigenvalue weighted by Crippen LogP contribution is 2.40. The Labute approximate surface area is 176 Å². The zero-order valence-corrected chi connectivity index (χ0v) is 16.9. The van der Waals surface area contributed by atoms with E-state index in [9.17, 15) is 32.3 Å². The Morgan fingerprint density at radius 2 is 1.74 bits per heavy atom. The predicted octanol–water partition coefficient (Wildman–Crippen LogP) is 2.49. The largest absolute Gasteiger partial charge is 0.452 e. The molecule has 0 spiro atoms. The van der Waals surface area contributed by atoms with Crippen molar-refractivity contribution in [2.75, 3.05) is 11.9 Å². The number of nitrogens with one attached hydrogen (secondary N) is 2. The number of benzene rings is 1. The third-order valence-electron chi connectivity index (χ3n) is 5.78. The van der Waals surface area contributed by atoms with Gasteiger partial charge in [-0.2, -0.15) is 0 Å². The second-order valence-corrected chi connectivity index (χ2v) is 7.96. The fourth-order valence-electron chi connectivity index (χ4n) is 4.12. The molecule has 31 heavy (non-hydrogen) atoms. The van der Waals surface area contributed by atoms with E-state index in [2.05, 4.69) is 5.32 Å². The summed E-state index contributed by atoms with van der Waals surface area (Å²) >= 11 is 0. The third kappa shape index (κ3) is 5.23. The third-order valence-corrected chi connectivity index (χ3v) is 5.78. The summed E-state index contributed by atoms with van der Waals surface area (Å²) in [7, 11) is 0. The van der Waals surface area contributed by atoms with Crippen LogP contribution in [0.15, 0.2) is 12.1 Å². The van der Waals surface area contributed by atoms with Crippen LogP contribution < -0.4 is 10.6 Å². The number of rotatable bonds is 6. The van der Waals surface area contributed by atoms with E-state index in [1.54, 1.807) is 0 Å². The molecule has 0 heterocycles. The minimum absolute atomic E-state index is 0.130. The first kappa shape index (κ1) is 22.8. The van der Waals surface area contributed by atoms with Gasteiger partial charge in [0.25, 0.3) is 5.91 Å². The lowest BCUT2D eigenvalue weighted by molar-refractivity contribution is -0.162. The second kappa shape index (κ2) is 9.49. The highest BCUT2D eigenvalue weighted by molar-refractivity contribution is 5.95. The molecule has 7 nitrogen and oxygen atoms in total. The average Bonchev–Trinajstić information content (AvgIpc) is 2.72. The van der Waals surface area contributed by atoms with Crippen LogP contribution in [-0.4, -0.2) is 36.2 Å². The highest BCUT2D eigenvalue weighted by Gasteiger charge is 2.42. The predicted molar refractivity (Wildman–Crippen MR) is 102 cm³/mol. The molecule has 2 aliphatic rings. The number of fused-ring (bicyclic) bond motifs is 2. The number of carbonyl (C=O) groups excluding carboxylic acids is 4. The Hall–Kier alpha value is -2.91. The molecule has 4 atom stereocenters. The van der Waals surface area contributed by atoms with Crippen molar-refractivity contribution < 1.29 is 37.1 Å². The molecule has 2 bridgehead atoms. The Kier molecular flexibility index (Phi) is 6.97. The maximum absolute atomic E-state index is 13.6. The molecule has 0 aliphatic heterocycles. The van der Waals surface area contributed by atoms with Crippen molar-refractivity contribution in [3.8, 4) is 0 Å². The first-order valence-corrected chi connectivity index (χ1v) is 10.1. The lowest BCUT2D eigenvalue weighted by atomic mass is 9.67. The van der Waals surface area contributed by atoms with Gasteiger partial charge in [-0.15, -0.1) is 0 Å². The van der Waals surface area contributed by atoms with Crippen LogP contribution in [0.25, 0.3) is 0 Å². The van der Waals surface area contributed by atoms with Gasteiger partial charge in [0.05, 0.1) is 18.2 Å². The van der Waals surface area contributed by atoms with Crippen LogP contribution in [-0.2, 0) is 23.9 Å². The van der Waals surface area contributed by atoms with Gasteiger partial charge in [-0.3, -0.25) is 19.2 Å². The first-order chi connectivity index (χ1) is 14.7. The summed E-state index contributed by atoms with van der Waals surface area (Å²) < 4.78 is 44.9. The van der Waals surface area contributed by atoms with Crippen molar-refractivity contribution >= 4 is 29.3 Å². The van der Waals surface area contributed by atoms with Crippen molar-refractivity contribution in [2.45, 2.75) is 45.1 Å². The van der Waals surface area contributed by atoms with Gasteiger partial charge in [0.1, 0.15) is 5.78 Å². The van der Waals surface area contributed by atoms with Crippen molar-refractivity contribution in [1.82, 2.24) is 5.32 Å². The SMILES string of the molecule is C[C@@H](OC(=O)C1C[C@H]2CCC[C@@H](C1)C2=O)C(=O)NCC(=O)Nc1ccc(F)c(F)c1F. The van der Waals surface area contributed by atoms with Crippen molar-refractivity contribution in [2.24, 2.45) is 17.8 Å². The van der Waals surface area contributed by atoms with Gasteiger partial charge >= 0.3 is 5.97 Å². The van der Waals surface area contributed by atoms with Gasteiger partial charge in [-0.05, 0) is 44.7 Å². The number of amides is 2. The van der Waals surface area contributed by atoms with Crippen LogP contribution >= 0.6 is 0 Å². The number of anilines is 1. The Morgan fingerprint density at radius 1 is 1.10 bits per heavy atom. The molecule has 2 fully saturated rings.